The van der Waals surface area contributed by atoms with Crippen LogP contribution in [0.5, 0.6) is 0 Å². The van der Waals surface area contributed by atoms with E-state index in [9.17, 15) is 4.79 Å². The summed E-state index contributed by atoms with van der Waals surface area (Å²) in [5.74, 6) is 0.623. The number of benzene rings is 1. The lowest BCUT2D eigenvalue weighted by molar-refractivity contribution is 0.0907. The highest BCUT2D eigenvalue weighted by molar-refractivity contribution is 6.31. The molecule has 1 amide bonds. The molecule has 1 fully saturated rings. The van der Waals surface area contributed by atoms with E-state index in [2.05, 4.69) is 10.6 Å². The highest BCUT2D eigenvalue weighted by atomic mass is 35.5. The number of halogens is 1. The third-order valence-electron chi connectivity index (χ3n) is 3.18. The van der Waals surface area contributed by atoms with E-state index in [1.807, 2.05) is 13.0 Å². The summed E-state index contributed by atoms with van der Waals surface area (Å²) in [5.41, 5.74) is 1.37. The number of amides is 1. The standard InChI is InChI=1S/C15H21ClN2O2/c1-2-17-14-6-5-12(16)9-13(14)15(19)18-7-8-20-10-11-3-4-11/h5-6,9,11,17H,2-4,7-8,10H2,1H3,(H,18,19). The molecule has 1 aliphatic rings. The molecule has 5 heteroatoms. The predicted octanol–water partition coefficient (Wildman–Crippen LogP) is 2.93. The largest absolute Gasteiger partial charge is 0.385 e. The second-order valence-electron chi connectivity index (χ2n) is 4.99. The molecule has 0 aromatic heterocycles. The van der Waals surface area contributed by atoms with Gasteiger partial charge in [0.1, 0.15) is 0 Å². The Morgan fingerprint density at radius 2 is 2.25 bits per heavy atom. The smallest absolute Gasteiger partial charge is 0.253 e. The number of carbonyl (C=O) groups is 1. The Hall–Kier alpha value is -1.26. The van der Waals surface area contributed by atoms with E-state index in [1.54, 1.807) is 12.1 Å². The molecule has 0 saturated heterocycles. The Labute approximate surface area is 124 Å². The number of hydrogen-bond acceptors (Lipinski definition) is 3. The molecule has 110 valence electrons. The minimum absolute atomic E-state index is 0.126. The van der Waals surface area contributed by atoms with Crippen molar-refractivity contribution in [1.29, 1.82) is 0 Å². The Morgan fingerprint density at radius 3 is 2.95 bits per heavy atom. The molecule has 1 saturated carbocycles. The van der Waals surface area contributed by atoms with Gasteiger partial charge >= 0.3 is 0 Å². The number of nitrogens with one attached hydrogen (secondary N) is 2. The monoisotopic (exact) mass is 296 g/mol. The van der Waals surface area contributed by atoms with Crippen LogP contribution in [-0.2, 0) is 4.74 Å². The van der Waals surface area contributed by atoms with Gasteiger partial charge in [-0.25, -0.2) is 0 Å². The molecular weight excluding hydrogens is 276 g/mol. The fourth-order valence-electron chi connectivity index (χ4n) is 1.92. The quantitative estimate of drug-likeness (QED) is 0.725. The minimum Gasteiger partial charge on any atom is -0.385 e. The Kier molecular flexibility index (Phi) is 5.68. The lowest BCUT2D eigenvalue weighted by Crippen LogP contribution is -2.28. The number of rotatable bonds is 8. The van der Waals surface area contributed by atoms with Crippen molar-refractivity contribution >= 4 is 23.2 Å². The number of ether oxygens (including phenoxy) is 1. The van der Waals surface area contributed by atoms with Gasteiger partial charge < -0.3 is 15.4 Å². The maximum Gasteiger partial charge on any atom is 0.253 e. The van der Waals surface area contributed by atoms with E-state index in [1.165, 1.54) is 12.8 Å². The molecule has 20 heavy (non-hydrogen) atoms. The SMILES string of the molecule is CCNc1ccc(Cl)cc1C(=O)NCCOCC1CC1. The van der Waals surface area contributed by atoms with Gasteiger partial charge in [-0.3, -0.25) is 4.79 Å². The van der Waals surface area contributed by atoms with Crippen molar-refractivity contribution in [3.63, 3.8) is 0 Å². The van der Waals surface area contributed by atoms with Gasteiger partial charge in [-0.05, 0) is 43.9 Å². The first-order valence-electron chi connectivity index (χ1n) is 7.10. The van der Waals surface area contributed by atoms with Crippen LogP contribution in [0.15, 0.2) is 18.2 Å². The number of anilines is 1. The first-order valence-corrected chi connectivity index (χ1v) is 7.48. The molecule has 0 radical (unpaired) electrons. The third-order valence-corrected chi connectivity index (χ3v) is 3.41. The molecule has 2 N–H and O–H groups in total. The van der Waals surface area contributed by atoms with Gasteiger partial charge in [-0.1, -0.05) is 11.6 Å². The fourth-order valence-corrected chi connectivity index (χ4v) is 2.09. The van der Waals surface area contributed by atoms with Gasteiger partial charge in [0.2, 0.25) is 0 Å². The molecule has 0 bridgehead atoms. The molecule has 1 aromatic carbocycles. The van der Waals surface area contributed by atoms with Crippen molar-refractivity contribution in [2.45, 2.75) is 19.8 Å². The Bertz CT molecular complexity index is 461. The zero-order valence-electron chi connectivity index (χ0n) is 11.7. The number of carbonyl (C=O) groups excluding carboxylic acids is 1. The van der Waals surface area contributed by atoms with Crippen molar-refractivity contribution in [2.75, 3.05) is 31.6 Å². The van der Waals surface area contributed by atoms with E-state index < -0.39 is 0 Å². The molecule has 4 nitrogen and oxygen atoms in total. The molecule has 0 heterocycles. The van der Waals surface area contributed by atoms with Crippen molar-refractivity contribution in [2.24, 2.45) is 5.92 Å². The van der Waals surface area contributed by atoms with Crippen LogP contribution < -0.4 is 10.6 Å². The lowest BCUT2D eigenvalue weighted by Gasteiger charge is -2.11. The van der Waals surface area contributed by atoms with E-state index >= 15 is 0 Å². The van der Waals surface area contributed by atoms with E-state index in [0.717, 1.165) is 24.8 Å². The lowest BCUT2D eigenvalue weighted by atomic mass is 10.1. The Balaban J connectivity index is 1.81. The molecule has 1 aliphatic carbocycles. The van der Waals surface area contributed by atoms with E-state index in [0.29, 0.717) is 23.7 Å². The maximum absolute atomic E-state index is 12.1. The van der Waals surface area contributed by atoms with Crippen LogP contribution in [0, 0.1) is 5.92 Å². The van der Waals surface area contributed by atoms with E-state index in [-0.39, 0.29) is 5.91 Å². The fraction of sp³-hybridized carbons (Fsp3) is 0.533. The van der Waals surface area contributed by atoms with Crippen LogP contribution >= 0.6 is 11.6 Å². The van der Waals surface area contributed by atoms with Gasteiger partial charge in [0.25, 0.3) is 5.91 Å². The van der Waals surface area contributed by atoms with Crippen LogP contribution in [0.4, 0.5) is 5.69 Å². The molecular formula is C15H21ClN2O2. The normalized spacial score (nSPS) is 14.1. The summed E-state index contributed by atoms with van der Waals surface area (Å²) in [7, 11) is 0. The first-order chi connectivity index (χ1) is 9.70. The van der Waals surface area contributed by atoms with Crippen molar-refractivity contribution in [3.05, 3.63) is 28.8 Å². The second kappa shape index (κ2) is 7.50. The topological polar surface area (TPSA) is 50.4 Å². The summed E-state index contributed by atoms with van der Waals surface area (Å²) in [6.07, 6.45) is 2.56. The minimum atomic E-state index is -0.126. The van der Waals surface area contributed by atoms with Crippen LogP contribution in [0.25, 0.3) is 0 Å². The van der Waals surface area contributed by atoms with Gasteiger partial charge in [0, 0.05) is 30.4 Å². The van der Waals surface area contributed by atoms with Crippen LogP contribution in [0.2, 0.25) is 5.02 Å². The molecule has 1 aromatic rings. The molecule has 2 rings (SSSR count). The van der Waals surface area contributed by atoms with Crippen molar-refractivity contribution in [3.8, 4) is 0 Å². The van der Waals surface area contributed by atoms with E-state index in [4.69, 9.17) is 16.3 Å². The summed E-state index contributed by atoms with van der Waals surface area (Å²) in [4.78, 5) is 12.1. The summed E-state index contributed by atoms with van der Waals surface area (Å²) < 4.78 is 5.49. The van der Waals surface area contributed by atoms with Crippen molar-refractivity contribution < 1.29 is 9.53 Å². The summed E-state index contributed by atoms with van der Waals surface area (Å²) in [6, 6.07) is 5.28. The van der Waals surface area contributed by atoms with Gasteiger partial charge in [0.15, 0.2) is 0 Å². The Morgan fingerprint density at radius 1 is 1.45 bits per heavy atom. The molecule has 0 atom stereocenters. The third kappa shape index (κ3) is 4.69. The first kappa shape index (κ1) is 15.1. The van der Waals surface area contributed by atoms with Gasteiger partial charge in [-0.15, -0.1) is 0 Å². The molecule has 0 unspecified atom stereocenters. The zero-order chi connectivity index (χ0) is 14.4. The van der Waals surface area contributed by atoms with Gasteiger partial charge in [0.05, 0.1) is 12.2 Å². The summed E-state index contributed by atoms with van der Waals surface area (Å²) in [5, 5.41) is 6.57. The maximum atomic E-state index is 12.1. The van der Waals surface area contributed by atoms with Gasteiger partial charge in [-0.2, -0.15) is 0 Å². The van der Waals surface area contributed by atoms with Crippen LogP contribution in [0.1, 0.15) is 30.1 Å². The zero-order valence-corrected chi connectivity index (χ0v) is 12.5. The van der Waals surface area contributed by atoms with Crippen LogP contribution in [-0.4, -0.2) is 32.2 Å². The summed E-state index contributed by atoms with van der Waals surface area (Å²) >= 11 is 5.95. The molecule has 0 spiro atoms. The second-order valence-corrected chi connectivity index (χ2v) is 5.43. The van der Waals surface area contributed by atoms with Crippen LogP contribution in [0.3, 0.4) is 0 Å². The average molecular weight is 297 g/mol. The van der Waals surface area contributed by atoms with Crippen molar-refractivity contribution in [1.82, 2.24) is 5.32 Å². The highest BCUT2D eigenvalue weighted by Gasteiger charge is 2.21. The molecule has 0 aliphatic heterocycles. The average Bonchev–Trinajstić information content (AvgIpc) is 3.24. The number of hydrogen-bond donors (Lipinski definition) is 2. The highest BCUT2D eigenvalue weighted by Crippen LogP contribution is 2.28. The predicted molar refractivity (Wildman–Crippen MR) is 81.5 cm³/mol. The summed E-state index contributed by atoms with van der Waals surface area (Å²) in [6.45, 7) is 4.63.